The van der Waals surface area contributed by atoms with E-state index in [1.54, 1.807) is 24.3 Å². The molecule has 8 nitrogen and oxygen atoms in total. The molecule has 46 heavy (non-hydrogen) atoms. The van der Waals surface area contributed by atoms with Gasteiger partial charge >= 0.3 is 17.9 Å². The summed E-state index contributed by atoms with van der Waals surface area (Å²) in [6.45, 7) is 14.9. The lowest BCUT2D eigenvalue weighted by atomic mass is 9.85. The Kier molecular flexibility index (Phi) is 14.3. The molecule has 0 spiro atoms. The summed E-state index contributed by atoms with van der Waals surface area (Å²) in [5.41, 5.74) is 4.37. The summed E-state index contributed by atoms with van der Waals surface area (Å²) in [5, 5.41) is 4.03. The van der Waals surface area contributed by atoms with Gasteiger partial charge < -0.3 is 18.9 Å². The van der Waals surface area contributed by atoms with Crippen LogP contribution in [0.15, 0.2) is 35.0 Å². The SMILES string of the molecule is CCCCCCCCOC(=O)c1cc(C(=O)OCCCCCCCC)cc(-n2c(C)cc(C=C3C(=O)ON=C3C(C)(C)C)c2C)c1. The van der Waals surface area contributed by atoms with Crippen LogP contribution < -0.4 is 0 Å². The lowest BCUT2D eigenvalue weighted by molar-refractivity contribution is -0.136. The third-order valence-electron chi connectivity index (χ3n) is 8.28. The van der Waals surface area contributed by atoms with Crippen molar-refractivity contribution in [2.75, 3.05) is 13.2 Å². The lowest BCUT2D eigenvalue weighted by Crippen LogP contribution is -2.21. The Bertz CT molecular complexity index is 1360. The minimum Gasteiger partial charge on any atom is -0.462 e. The van der Waals surface area contributed by atoms with Gasteiger partial charge in [-0.05, 0) is 62.6 Å². The minimum absolute atomic E-state index is 0.295. The smallest absolute Gasteiger partial charge is 0.367 e. The van der Waals surface area contributed by atoms with E-state index in [2.05, 4.69) is 19.0 Å². The maximum atomic E-state index is 13.2. The molecule has 0 amide bonds. The second-order valence-electron chi connectivity index (χ2n) is 13.4. The zero-order valence-corrected chi connectivity index (χ0v) is 29.1. The van der Waals surface area contributed by atoms with E-state index >= 15 is 0 Å². The predicted molar refractivity (Wildman–Crippen MR) is 184 cm³/mol. The number of aryl methyl sites for hydroxylation is 1. The largest absolute Gasteiger partial charge is 0.462 e. The summed E-state index contributed by atoms with van der Waals surface area (Å²) in [7, 11) is 0. The highest BCUT2D eigenvalue weighted by Gasteiger charge is 2.34. The molecule has 0 fully saturated rings. The Morgan fingerprint density at radius 1 is 0.783 bits per heavy atom. The Morgan fingerprint density at radius 2 is 1.28 bits per heavy atom. The van der Waals surface area contributed by atoms with Gasteiger partial charge in [-0.25, -0.2) is 14.4 Å². The van der Waals surface area contributed by atoms with Crippen molar-refractivity contribution in [1.29, 1.82) is 0 Å². The molecule has 0 bridgehead atoms. The number of unbranched alkanes of at least 4 members (excludes halogenated alkanes) is 10. The van der Waals surface area contributed by atoms with Crippen LogP contribution in [0.5, 0.6) is 0 Å². The Morgan fingerprint density at radius 3 is 1.78 bits per heavy atom. The maximum Gasteiger partial charge on any atom is 0.367 e. The van der Waals surface area contributed by atoms with Crippen LogP contribution in [-0.2, 0) is 19.1 Å². The third kappa shape index (κ3) is 10.4. The molecule has 1 aliphatic rings. The zero-order chi connectivity index (χ0) is 33.7. The van der Waals surface area contributed by atoms with Crippen LogP contribution >= 0.6 is 0 Å². The number of hydrogen-bond acceptors (Lipinski definition) is 7. The Labute approximate surface area is 275 Å². The molecular weight excluding hydrogens is 580 g/mol. The molecule has 252 valence electrons. The zero-order valence-electron chi connectivity index (χ0n) is 29.1. The molecule has 0 N–H and O–H groups in total. The van der Waals surface area contributed by atoms with Gasteiger partial charge in [-0.3, -0.25) is 0 Å². The standard InChI is InChI=1S/C38H54N2O6/c1-8-10-12-14-16-18-20-44-35(41)30-23-31(36(42)45-21-19-17-15-13-11-9-2)25-32(24-30)40-27(3)22-29(28(40)4)26-33-34(38(5,6)7)39-46-37(33)43/h22-26H,8-21H2,1-7H3. The van der Waals surface area contributed by atoms with Crippen molar-refractivity contribution in [2.24, 2.45) is 10.6 Å². The fourth-order valence-electron chi connectivity index (χ4n) is 5.67. The average molecular weight is 635 g/mol. The quantitative estimate of drug-likeness (QED) is 0.0701. The number of hydrogen-bond donors (Lipinski definition) is 0. The van der Waals surface area contributed by atoms with Crippen molar-refractivity contribution >= 4 is 29.7 Å². The molecular formula is C38H54N2O6. The molecule has 8 heteroatoms. The van der Waals surface area contributed by atoms with Gasteiger partial charge in [0.2, 0.25) is 0 Å². The molecule has 1 aliphatic heterocycles. The topological polar surface area (TPSA) is 96.2 Å². The van der Waals surface area contributed by atoms with Gasteiger partial charge in [-0.15, -0.1) is 0 Å². The van der Waals surface area contributed by atoms with E-state index in [1.807, 2.05) is 45.3 Å². The second-order valence-corrected chi connectivity index (χ2v) is 13.4. The highest BCUT2D eigenvalue weighted by atomic mass is 16.7. The van der Waals surface area contributed by atoms with E-state index in [-0.39, 0.29) is 5.41 Å². The van der Waals surface area contributed by atoms with E-state index < -0.39 is 17.9 Å². The highest BCUT2D eigenvalue weighted by Crippen LogP contribution is 2.31. The van der Waals surface area contributed by atoms with Crippen LogP contribution in [-0.4, -0.2) is 41.4 Å². The van der Waals surface area contributed by atoms with Crippen LogP contribution in [0.2, 0.25) is 0 Å². The molecule has 2 aromatic rings. The monoisotopic (exact) mass is 634 g/mol. The first-order valence-corrected chi connectivity index (χ1v) is 17.2. The Balaban J connectivity index is 1.88. The number of carbonyl (C=O) groups is 3. The van der Waals surface area contributed by atoms with Gasteiger partial charge in [-0.1, -0.05) is 104 Å². The Hall–Kier alpha value is -3.68. The van der Waals surface area contributed by atoms with E-state index in [0.717, 1.165) is 55.5 Å². The molecule has 3 rings (SSSR count). The fraction of sp³-hybridized carbons (Fsp3) is 0.579. The van der Waals surface area contributed by atoms with Gasteiger partial charge in [0.1, 0.15) is 5.71 Å². The van der Waals surface area contributed by atoms with Crippen LogP contribution in [0.25, 0.3) is 11.8 Å². The average Bonchev–Trinajstić information content (AvgIpc) is 3.53. The van der Waals surface area contributed by atoms with Gasteiger partial charge in [0.25, 0.3) is 0 Å². The van der Waals surface area contributed by atoms with Crippen LogP contribution in [0, 0.1) is 19.3 Å². The van der Waals surface area contributed by atoms with Gasteiger partial charge in [0, 0.05) is 22.5 Å². The van der Waals surface area contributed by atoms with Crippen molar-refractivity contribution in [3.63, 3.8) is 0 Å². The summed E-state index contributed by atoms with van der Waals surface area (Å²) in [5.74, 6) is -1.42. The molecule has 0 saturated carbocycles. The number of benzene rings is 1. The molecule has 0 aliphatic carbocycles. The van der Waals surface area contributed by atoms with E-state index in [1.165, 1.54) is 38.5 Å². The highest BCUT2D eigenvalue weighted by molar-refractivity contribution is 6.26. The number of oxime groups is 1. The first-order chi connectivity index (χ1) is 22.0. The van der Waals surface area contributed by atoms with Crippen LogP contribution in [0.3, 0.4) is 0 Å². The minimum atomic E-state index is -0.486. The molecule has 0 unspecified atom stereocenters. The van der Waals surface area contributed by atoms with Crippen molar-refractivity contribution in [1.82, 2.24) is 4.57 Å². The fourth-order valence-corrected chi connectivity index (χ4v) is 5.67. The first-order valence-electron chi connectivity index (χ1n) is 17.2. The van der Waals surface area contributed by atoms with Gasteiger partial charge in [-0.2, -0.15) is 0 Å². The molecule has 1 aromatic heterocycles. The molecule has 2 heterocycles. The van der Waals surface area contributed by atoms with Gasteiger partial charge in [0.15, 0.2) is 0 Å². The van der Waals surface area contributed by atoms with Crippen molar-refractivity contribution in [3.05, 3.63) is 57.9 Å². The summed E-state index contributed by atoms with van der Waals surface area (Å²) in [6.07, 6.45) is 14.9. The van der Waals surface area contributed by atoms with Gasteiger partial charge in [0.05, 0.1) is 29.9 Å². The molecule has 0 atom stereocenters. The summed E-state index contributed by atoms with van der Waals surface area (Å²) in [6, 6.07) is 7.02. The van der Waals surface area contributed by atoms with Crippen molar-refractivity contribution in [2.45, 2.75) is 126 Å². The summed E-state index contributed by atoms with van der Waals surface area (Å²) in [4.78, 5) is 44.1. The van der Waals surface area contributed by atoms with Crippen LogP contribution in [0.4, 0.5) is 0 Å². The number of aromatic nitrogens is 1. The van der Waals surface area contributed by atoms with Crippen molar-refractivity contribution < 1.29 is 28.7 Å². The van der Waals surface area contributed by atoms with E-state index in [4.69, 9.17) is 14.3 Å². The van der Waals surface area contributed by atoms with Crippen LogP contribution in [0.1, 0.15) is 149 Å². The third-order valence-corrected chi connectivity index (χ3v) is 8.28. The number of ether oxygens (including phenoxy) is 2. The summed E-state index contributed by atoms with van der Waals surface area (Å²) >= 11 is 0. The molecule has 0 saturated heterocycles. The normalized spacial score (nSPS) is 14.0. The number of carbonyl (C=O) groups excluding carboxylic acids is 3. The lowest BCUT2D eigenvalue weighted by Gasteiger charge is -2.17. The summed E-state index contributed by atoms with van der Waals surface area (Å²) < 4.78 is 13.2. The first kappa shape index (κ1) is 36.8. The van der Waals surface area contributed by atoms with Crippen molar-refractivity contribution in [3.8, 4) is 5.69 Å². The van der Waals surface area contributed by atoms with E-state index in [9.17, 15) is 14.4 Å². The maximum absolute atomic E-state index is 13.2. The molecule has 1 aromatic carbocycles. The number of esters is 2. The van der Waals surface area contributed by atoms with E-state index in [0.29, 0.717) is 41.3 Å². The number of nitrogens with zero attached hydrogens (tertiary/aromatic N) is 2. The number of rotatable bonds is 18. The molecule has 0 radical (unpaired) electrons. The predicted octanol–water partition coefficient (Wildman–Crippen LogP) is 9.47. The second kappa shape index (κ2) is 17.9.